The van der Waals surface area contributed by atoms with Crippen molar-refractivity contribution in [2.24, 2.45) is 0 Å². The lowest BCUT2D eigenvalue weighted by molar-refractivity contribution is -0.0292. The lowest BCUT2D eigenvalue weighted by Crippen LogP contribution is -2.47. The van der Waals surface area contributed by atoms with Crippen molar-refractivity contribution in [1.82, 2.24) is 10.2 Å². The van der Waals surface area contributed by atoms with Crippen LogP contribution >= 0.6 is 0 Å². The van der Waals surface area contributed by atoms with E-state index in [1.807, 2.05) is 24.3 Å². The molecule has 1 saturated heterocycles. The summed E-state index contributed by atoms with van der Waals surface area (Å²) in [5.41, 5.74) is 4.41. The Bertz CT molecular complexity index is 763. The summed E-state index contributed by atoms with van der Waals surface area (Å²) < 4.78 is 5.84. The zero-order chi connectivity index (χ0) is 17.8. The molecular weight excluding hydrogens is 326 g/mol. The van der Waals surface area contributed by atoms with Crippen LogP contribution in [0.15, 0.2) is 48.5 Å². The number of nitrogens with one attached hydrogen (secondary N) is 2. The van der Waals surface area contributed by atoms with E-state index in [0.717, 1.165) is 43.9 Å². The zero-order valence-electron chi connectivity index (χ0n) is 14.9. The van der Waals surface area contributed by atoms with E-state index in [9.17, 15) is 4.79 Å². The summed E-state index contributed by atoms with van der Waals surface area (Å²) in [5, 5.41) is 6.35. The first kappa shape index (κ1) is 17.1. The van der Waals surface area contributed by atoms with Crippen LogP contribution in [-0.2, 0) is 17.7 Å². The number of fused-ring (bicyclic) bond motifs is 1. The maximum absolute atomic E-state index is 12.5. The molecule has 0 aromatic heterocycles. The smallest absolute Gasteiger partial charge is 0.251 e. The van der Waals surface area contributed by atoms with Gasteiger partial charge in [0, 0.05) is 44.0 Å². The third-order valence-electron chi connectivity index (χ3n) is 5.04. The van der Waals surface area contributed by atoms with Gasteiger partial charge >= 0.3 is 0 Å². The van der Waals surface area contributed by atoms with Gasteiger partial charge in [-0.1, -0.05) is 30.3 Å². The van der Waals surface area contributed by atoms with Crippen molar-refractivity contribution >= 4 is 11.6 Å². The van der Waals surface area contributed by atoms with Gasteiger partial charge in [-0.3, -0.25) is 9.69 Å². The maximum Gasteiger partial charge on any atom is 0.251 e. The second kappa shape index (κ2) is 7.89. The molecular formula is C21H25N3O2. The summed E-state index contributed by atoms with van der Waals surface area (Å²) in [6, 6.07) is 16.3. The molecule has 1 atom stereocenters. The minimum Gasteiger partial charge on any atom is -0.384 e. The first-order valence-electron chi connectivity index (χ1n) is 9.31. The van der Waals surface area contributed by atoms with E-state index in [4.69, 9.17) is 4.74 Å². The summed E-state index contributed by atoms with van der Waals surface area (Å²) in [5.74, 6) is -0.0246. The third kappa shape index (κ3) is 4.06. The zero-order valence-corrected chi connectivity index (χ0v) is 14.9. The molecule has 26 heavy (non-hydrogen) atoms. The van der Waals surface area contributed by atoms with Crippen molar-refractivity contribution in [2.45, 2.75) is 19.1 Å². The van der Waals surface area contributed by atoms with Crippen LogP contribution < -0.4 is 10.6 Å². The lowest BCUT2D eigenvalue weighted by atomic mass is 10.1. The number of rotatable bonds is 5. The van der Waals surface area contributed by atoms with E-state index in [1.165, 1.54) is 11.1 Å². The highest BCUT2D eigenvalue weighted by atomic mass is 16.5. The molecule has 2 aromatic carbocycles. The Kier molecular flexibility index (Phi) is 5.18. The number of carbonyl (C=O) groups excluding carboxylic acids is 1. The summed E-state index contributed by atoms with van der Waals surface area (Å²) in [6.07, 6.45) is 1.02. The standard InChI is InChI=1S/C21H25N3O2/c25-21(18-6-7-20-17(12-18)8-9-22-20)23-13-19-15-24(10-11-26-19)14-16-4-2-1-3-5-16/h1-7,12,19,22H,8-11,13-15H2,(H,23,25). The first-order chi connectivity index (χ1) is 12.8. The van der Waals surface area contributed by atoms with Crippen molar-refractivity contribution in [1.29, 1.82) is 0 Å². The molecule has 2 N–H and O–H groups in total. The molecule has 2 aliphatic heterocycles. The third-order valence-corrected chi connectivity index (χ3v) is 5.04. The molecule has 2 heterocycles. The molecule has 5 nitrogen and oxygen atoms in total. The number of ether oxygens (including phenoxy) is 1. The topological polar surface area (TPSA) is 53.6 Å². The van der Waals surface area contributed by atoms with Crippen molar-refractivity contribution in [2.75, 3.05) is 38.1 Å². The highest BCUT2D eigenvalue weighted by Crippen LogP contribution is 2.23. The minimum absolute atomic E-state index is 0.0246. The van der Waals surface area contributed by atoms with Crippen LogP contribution in [0.1, 0.15) is 21.5 Å². The van der Waals surface area contributed by atoms with Gasteiger partial charge in [0.15, 0.2) is 0 Å². The summed E-state index contributed by atoms with van der Waals surface area (Å²) in [4.78, 5) is 14.8. The van der Waals surface area contributed by atoms with E-state index in [1.54, 1.807) is 0 Å². The molecule has 1 amide bonds. The molecule has 1 unspecified atom stereocenters. The predicted octanol–water partition coefficient (Wildman–Crippen LogP) is 2.29. The Morgan fingerprint density at radius 1 is 1.23 bits per heavy atom. The van der Waals surface area contributed by atoms with Crippen LogP contribution in [0.2, 0.25) is 0 Å². The van der Waals surface area contributed by atoms with Crippen molar-refractivity contribution in [3.05, 3.63) is 65.2 Å². The summed E-state index contributed by atoms with van der Waals surface area (Å²) in [6.45, 7) is 4.89. The Labute approximate surface area is 154 Å². The molecule has 2 aromatic rings. The molecule has 136 valence electrons. The van der Waals surface area contributed by atoms with E-state index in [-0.39, 0.29) is 12.0 Å². The van der Waals surface area contributed by atoms with Gasteiger partial charge in [-0.05, 0) is 35.7 Å². The Hall–Kier alpha value is -2.37. The van der Waals surface area contributed by atoms with Crippen LogP contribution in [-0.4, -0.2) is 49.7 Å². The van der Waals surface area contributed by atoms with Gasteiger partial charge in [0.05, 0.1) is 12.7 Å². The molecule has 0 bridgehead atoms. The largest absolute Gasteiger partial charge is 0.384 e. The monoisotopic (exact) mass is 351 g/mol. The average Bonchev–Trinajstić information content (AvgIpc) is 3.15. The Morgan fingerprint density at radius 2 is 2.12 bits per heavy atom. The van der Waals surface area contributed by atoms with Gasteiger partial charge in [0.2, 0.25) is 0 Å². The highest BCUT2D eigenvalue weighted by molar-refractivity contribution is 5.95. The summed E-state index contributed by atoms with van der Waals surface area (Å²) >= 11 is 0. The van der Waals surface area contributed by atoms with Crippen LogP contribution in [0, 0.1) is 0 Å². The summed E-state index contributed by atoms with van der Waals surface area (Å²) in [7, 11) is 0. The molecule has 1 fully saturated rings. The number of anilines is 1. The normalized spacial score (nSPS) is 19.6. The molecule has 5 heteroatoms. The fourth-order valence-corrected chi connectivity index (χ4v) is 3.64. The van der Waals surface area contributed by atoms with Gasteiger partial charge in [0.25, 0.3) is 5.91 Å². The second-order valence-corrected chi connectivity index (χ2v) is 6.97. The highest BCUT2D eigenvalue weighted by Gasteiger charge is 2.21. The Morgan fingerprint density at radius 3 is 3.00 bits per heavy atom. The number of hydrogen-bond donors (Lipinski definition) is 2. The number of carbonyl (C=O) groups is 1. The number of hydrogen-bond acceptors (Lipinski definition) is 4. The van der Waals surface area contributed by atoms with E-state index < -0.39 is 0 Å². The van der Waals surface area contributed by atoms with Gasteiger partial charge in [0.1, 0.15) is 0 Å². The first-order valence-corrected chi connectivity index (χ1v) is 9.31. The van der Waals surface area contributed by atoms with Crippen molar-refractivity contribution < 1.29 is 9.53 Å². The predicted molar refractivity (Wildman–Crippen MR) is 102 cm³/mol. The van der Waals surface area contributed by atoms with E-state index in [2.05, 4.69) is 39.8 Å². The number of nitrogens with zero attached hydrogens (tertiary/aromatic N) is 1. The van der Waals surface area contributed by atoms with Crippen molar-refractivity contribution in [3.63, 3.8) is 0 Å². The Balaban J connectivity index is 1.29. The van der Waals surface area contributed by atoms with Gasteiger partial charge in [-0.15, -0.1) is 0 Å². The molecule has 2 aliphatic rings. The lowest BCUT2D eigenvalue weighted by Gasteiger charge is -2.33. The SMILES string of the molecule is O=C(NCC1CN(Cc2ccccc2)CCO1)c1ccc2c(c1)CCN2. The van der Waals surface area contributed by atoms with Crippen LogP contribution in [0.3, 0.4) is 0 Å². The fraction of sp³-hybridized carbons (Fsp3) is 0.381. The van der Waals surface area contributed by atoms with Crippen LogP contribution in [0.5, 0.6) is 0 Å². The van der Waals surface area contributed by atoms with Crippen LogP contribution in [0.4, 0.5) is 5.69 Å². The van der Waals surface area contributed by atoms with Gasteiger partial charge < -0.3 is 15.4 Å². The number of amides is 1. The quantitative estimate of drug-likeness (QED) is 0.868. The average molecular weight is 351 g/mol. The fourth-order valence-electron chi connectivity index (χ4n) is 3.64. The molecule has 4 rings (SSSR count). The number of morpholine rings is 1. The number of benzene rings is 2. The van der Waals surface area contributed by atoms with E-state index >= 15 is 0 Å². The maximum atomic E-state index is 12.5. The molecule has 0 saturated carbocycles. The van der Waals surface area contributed by atoms with Gasteiger partial charge in [-0.25, -0.2) is 0 Å². The van der Waals surface area contributed by atoms with Crippen molar-refractivity contribution in [3.8, 4) is 0 Å². The molecule has 0 radical (unpaired) electrons. The minimum atomic E-state index is -0.0246. The molecule has 0 aliphatic carbocycles. The van der Waals surface area contributed by atoms with Gasteiger partial charge in [-0.2, -0.15) is 0 Å². The van der Waals surface area contributed by atoms with E-state index in [0.29, 0.717) is 13.2 Å². The molecule has 0 spiro atoms. The van der Waals surface area contributed by atoms with Crippen LogP contribution in [0.25, 0.3) is 0 Å². The second-order valence-electron chi connectivity index (χ2n) is 6.97.